The molecule has 1 aliphatic heterocycles. The van der Waals surface area contributed by atoms with Crippen LogP contribution in [-0.2, 0) is 19.1 Å². The monoisotopic (exact) mass is 372 g/mol. The lowest BCUT2D eigenvalue weighted by atomic mass is 10.1. The van der Waals surface area contributed by atoms with Gasteiger partial charge in [-0.25, -0.2) is 9.69 Å². The average molecular weight is 372 g/mol. The Morgan fingerprint density at radius 2 is 1.81 bits per heavy atom. The summed E-state index contributed by atoms with van der Waals surface area (Å²) in [6.45, 7) is 3.91. The number of hydrogen-bond donors (Lipinski definition) is 0. The molecule has 1 aromatic carbocycles. The Morgan fingerprint density at radius 3 is 2.37 bits per heavy atom. The van der Waals surface area contributed by atoms with Crippen LogP contribution in [0.3, 0.4) is 0 Å². The minimum atomic E-state index is -0.728. The summed E-state index contributed by atoms with van der Waals surface area (Å²) in [6.07, 6.45) is 2.84. The number of benzene rings is 1. The molecule has 3 amide bonds. The zero-order valence-corrected chi connectivity index (χ0v) is 15.6. The molecule has 2 aliphatic rings. The van der Waals surface area contributed by atoms with Gasteiger partial charge < -0.3 is 9.64 Å². The number of hydrogen-bond acceptors (Lipinski definition) is 5. The summed E-state index contributed by atoms with van der Waals surface area (Å²) in [5.41, 5.74) is 0.758. The molecule has 2 fully saturated rings. The SMILES string of the molecule is CCCC(=O)N(C1CC1)C1CC(=O)N(c2ccc(C(=O)OCC)cc2)C1=O. The van der Waals surface area contributed by atoms with E-state index in [2.05, 4.69) is 0 Å². The van der Waals surface area contributed by atoms with Crippen molar-refractivity contribution in [3.8, 4) is 0 Å². The van der Waals surface area contributed by atoms with Gasteiger partial charge in [-0.2, -0.15) is 0 Å². The normalized spacial score (nSPS) is 19.3. The maximum absolute atomic E-state index is 12.9. The standard InChI is InChI=1S/C20H24N2O5/c1-3-5-17(23)21(14-10-11-14)16-12-18(24)22(19(16)25)15-8-6-13(7-9-15)20(26)27-4-2/h6-9,14,16H,3-5,10-12H2,1-2H3. The first kappa shape index (κ1) is 19.1. The number of carbonyl (C=O) groups is 4. The Labute approximate surface area is 158 Å². The van der Waals surface area contributed by atoms with Crippen molar-refractivity contribution in [2.24, 2.45) is 0 Å². The number of esters is 1. The van der Waals surface area contributed by atoms with Crippen LogP contribution >= 0.6 is 0 Å². The van der Waals surface area contributed by atoms with Crippen LogP contribution in [0.25, 0.3) is 0 Å². The van der Waals surface area contributed by atoms with Gasteiger partial charge in [0.05, 0.1) is 24.3 Å². The van der Waals surface area contributed by atoms with E-state index in [0.29, 0.717) is 24.1 Å². The summed E-state index contributed by atoms with van der Waals surface area (Å²) in [5, 5.41) is 0. The van der Waals surface area contributed by atoms with Gasteiger partial charge in [0.2, 0.25) is 11.8 Å². The first-order chi connectivity index (χ1) is 13.0. The zero-order valence-electron chi connectivity index (χ0n) is 15.6. The maximum Gasteiger partial charge on any atom is 0.338 e. The molecule has 0 bridgehead atoms. The van der Waals surface area contributed by atoms with Gasteiger partial charge in [0.15, 0.2) is 0 Å². The molecule has 144 valence electrons. The second-order valence-corrected chi connectivity index (χ2v) is 6.84. The van der Waals surface area contributed by atoms with Crippen molar-refractivity contribution in [2.45, 2.75) is 58.0 Å². The second-order valence-electron chi connectivity index (χ2n) is 6.84. The highest BCUT2D eigenvalue weighted by Crippen LogP contribution is 2.34. The van der Waals surface area contributed by atoms with Crippen LogP contribution in [0.1, 0.15) is 56.3 Å². The molecule has 1 unspecified atom stereocenters. The van der Waals surface area contributed by atoms with Gasteiger partial charge in [-0.05, 0) is 50.5 Å². The smallest absolute Gasteiger partial charge is 0.338 e. The third-order valence-electron chi connectivity index (χ3n) is 4.79. The van der Waals surface area contributed by atoms with E-state index in [4.69, 9.17) is 4.74 Å². The number of carbonyl (C=O) groups excluding carboxylic acids is 4. The molecular weight excluding hydrogens is 348 g/mol. The number of nitrogens with zero attached hydrogens (tertiary/aromatic N) is 2. The Balaban J connectivity index is 1.79. The average Bonchev–Trinajstić information content (AvgIpc) is 3.42. The number of imide groups is 1. The van der Waals surface area contributed by atoms with Crippen molar-refractivity contribution >= 4 is 29.4 Å². The lowest BCUT2D eigenvalue weighted by Crippen LogP contribution is -2.46. The Morgan fingerprint density at radius 1 is 1.15 bits per heavy atom. The van der Waals surface area contributed by atoms with Crippen molar-refractivity contribution in [2.75, 3.05) is 11.5 Å². The van der Waals surface area contributed by atoms with E-state index in [1.54, 1.807) is 24.0 Å². The highest BCUT2D eigenvalue weighted by atomic mass is 16.5. The molecule has 27 heavy (non-hydrogen) atoms. The van der Waals surface area contributed by atoms with E-state index in [0.717, 1.165) is 17.7 Å². The van der Waals surface area contributed by atoms with Crippen LogP contribution in [0.15, 0.2) is 24.3 Å². The zero-order chi connectivity index (χ0) is 19.6. The van der Waals surface area contributed by atoms with Gasteiger partial charge in [-0.1, -0.05) is 6.92 Å². The molecule has 1 atom stereocenters. The summed E-state index contributed by atoms with van der Waals surface area (Å²) >= 11 is 0. The van der Waals surface area contributed by atoms with E-state index in [1.165, 1.54) is 12.1 Å². The number of rotatable bonds is 7. The Kier molecular flexibility index (Phi) is 5.58. The molecular formula is C20H24N2O5. The fourth-order valence-electron chi connectivity index (χ4n) is 3.39. The quantitative estimate of drug-likeness (QED) is 0.542. The van der Waals surface area contributed by atoms with Gasteiger partial charge in [0, 0.05) is 12.5 Å². The van der Waals surface area contributed by atoms with E-state index >= 15 is 0 Å². The van der Waals surface area contributed by atoms with E-state index in [1.807, 2.05) is 6.92 Å². The van der Waals surface area contributed by atoms with Crippen LogP contribution in [0.5, 0.6) is 0 Å². The molecule has 0 aromatic heterocycles. The van der Waals surface area contributed by atoms with Crippen molar-refractivity contribution in [3.05, 3.63) is 29.8 Å². The van der Waals surface area contributed by atoms with Gasteiger partial charge >= 0.3 is 5.97 Å². The van der Waals surface area contributed by atoms with Gasteiger partial charge in [-0.3, -0.25) is 14.4 Å². The van der Waals surface area contributed by atoms with Crippen molar-refractivity contribution < 1.29 is 23.9 Å². The topological polar surface area (TPSA) is 84.0 Å². The molecule has 7 heteroatoms. The minimum absolute atomic E-state index is 0.00438. The third kappa shape index (κ3) is 3.86. The summed E-state index contributed by atoms with van der Waals surface area (Å²) in [4.78, 5) is 52.4. The summed E-state index contributed by atoms with van der Waals surface area (Å²) in [7, 11) is 0. The Hall–Kier alpha value is -2.70. The van der Waals surface area contributed by atoms with Crippen LogP contribution in [0, 0.1) is 0 Å². The first-order valence-electron chi connectivity index (χ1n) is 9.43. The van der Waals surface area contributed by atoms with Crippen LogP contribution in [-0.4, -0.2) is 47.3 Å². The molecule has 7 nitrogen and oxygen atoms in total. The third-order valence-corrected chi connectivity index (χ3v) is 4.79. The molecule has 1 aliphatic carbocycles. The number of anilines is 1. The summed E-state index contributed by atoms with van der Waals surface area (Å²) in [6, 6.07) is 5.51. The fraction of sp³-hybridized carbons (Fsp3) is 0.500. The molecule has 1 saturated heterocycles. The van der Waals surface area contributed by atoms with Crippen molar-refractivity contribution in [3.63, 3.8) is 0 Å². The predicted molar refractivity (Wildman–Crippen MR) is 98.1 cm³/mol. The van der Waals surface area contributed by atoms with Gasteiger partial charge in [-0.15, -0.1) is 0 Å². The minimum Gasteiger partial charge on any atom is -0.462 e. The lowest BCUT2D eigenvalue weighted by Gasteiger charge is -2.27. The molecule has 0 radical (unpaired) electrons. The summed E-state index contributed by atoms with van der Waals surface area (Å²) in [5.74, 6) is -1.22. The van der Waals surface area contributed by atoms with E-state index in [9.17, 15) is 19.2 Å². The van der Waals surface area contributed by atoms with E-state index in [-0.39, 0.29) is 36.8 Å². The number of ether oxygens (including phenoxy) is 1. The van der Waals surface area contributed by atoms with Crippen LogP contribution in [0.4, 0.5) is 5.69 Å². The predicted octanol–water partition coefficient (Wildman–Crippen LogP) is 2.29. The largest absolute Gasteiger partial charge is 0.462 e. The van der Waals surface area contributed by atoms with Gasteiger partial charge in [0.25, 0.3) is 5.91 Å². The first-order valence-corrected chi connectivity index (χ1v) is 9.43. The highest BCUT2D eigenvalue weighted by molar-refractivity contribution is 6.23. The molecule has 0 spiro atoms. The second kappa shape index (κ2) is 7.90. The lowest BCUT2D eigenvalue weighted by molar-refractivity contribution is -0.139. The highest BCUT2D eigenvalue weighted by Gasteiger charge is 2.48. The van der Waals surface area contributed by atoms with E-state index < -0.39 is 12.0 Å². The Bertz CT molecular complexity index is 754. The van der Waals surface area contributed by atoms with Crippen LogP contribution < -0.4 is 4.90 Å². The molecule has 1 saturated carbocycles. The molecule has 3 rings (SSSR count). The van der Waals surface area contributed by atoms with Gasteiger partial charge in [0.1, 0.15) is 6.04 Å². The number of amides is 3. The van der Waals surface area contributed by atoms with Crippen molar-refractivity contribution in [1.82, 2.24) is 4.90 Å². The summed E-state index contributed by atoms with van der Waals surface area (Å²) < 4.78 is 4.94. The molecule has 0 N–H and O–H groups in total. The maximum atomic E-state index is 12.9. The van der Waals surface area contributed by atoms with Crippen molar-refractivity contribution in [1.29, 1.82) is 0 Å². The molecule has 1 aromatic rings. The molecule has 1 heterocycles. The fourth-order valence-corrected chi connectivity index (χ4v) is 3.39. The van der Waals surface area contributed by atoms with Crippen LogP contribution in [0.2, 0.25) is 0 Å².